The molecule has 0 aliphatic rings. The normalized spacial score (nSPS) is 10.4. The first-order chi connectivity index (χ1) is 8.47. The number of anilines is 3. The van der Waals surface area contributed by atoms with Gasteiger partial charge in [0.05, 0.1) is 16.4 Å². The molecule has 0 aliphatic carbocycles. The Morgan fingerprint density at radius 1 is 1.44 bits per heavy atom. The highest BCUT2D eigenvalue weighted by Gasteiger charge is 2.08. The summed E-state index contributed by atoms with van der Waals surface area (Å²) in [5.41, 5.74) is 7.45. The fourth-order valence-electron chi connectivity index (χ4n) is 1.38. The summed E-state index contributed by atoms with van der Waals surface area (Å²) in [6, 6.07) is 3.02. The van der Waals surface area contributed by atoms with Gasteiger partial charge >= 0.3 is 0 Å². The number of hydrogen-bond acceptors (Lipinski definition) is 4. The zero-order valence-electron chi connectivity index (χ0n) is 9.34. The predicted octanol–water partition coefficient (Wildman–Crippen LogP) is 3.67. The lowest BCUT2D eigenvalue weighted by Gasteiger charge is -2.11. The third-order valence-electron chi connectivity index (χ3n) is 2.31. The summed E-state index contributed by atoms with van der Waals surface area (Å²) in [5, 5.41) is 3.00. The number of benzene rings is 1. The number of aryl methyl sites for hydroxylation is 1. The van der Waals surface area contributed by atoms with Crippen LogP contribution in [0, 0.1) is 12.7 Å². The molecule has 18 heavy (non-hydrogen) atoms. The van der Waals surface area contributed by atoms with Crippen LogP contribution in [0.25, 0.3) is 0 Å². The van der Waals surface area contributed by atoms with Gasteiger partial charge in [-0.3, -0.25) is 0 Å². The summed E-state index contributed by atoms with van der Waals surface area (Å²) in [7, 11) is 0. The zero-order valence-corrected chi connectivity index (χ0v) is 11.7. The minimum absolute atomic E-state index is 0.0712. The zero-order chi connectivity index (χ0) is 13.3. The molecule has 0 spiro atoms. The number of rotatable bonds is 2. The first-order valence-electron chi connectivity index (χ1n) is 4.98. The Bertz CT molecular complexity index is 606. The molecule has 1 aromatic carbocycles. The standard InChI is InChI=1S/C11H9BrClFN4/c1-5-2-6(12)7(14)3-9(5)17-10-8(15)4-16-11(13)18-10/h2-4H,15H2,1H3,(H,16,17,18). The van der Waals surface area contributed by atoms with Crippen molar-refractivity contribution in [2.24, 2.45) is 0 Å². The molecule has 94 valence electrons. The Kier molecular flexibility index (Phi) is 3.68. The van der Waals surface area contributed by atoms with E-state index in [1.54, 1.807) is 6.07 Å². The van der Waals surface area contributed by atoms with Gasteiger partial charge in [0.15, 0.2) is 5.82 Å². The van der Waals surface area contributed by atoms with Crippen molar-refractivity contribution in [3.8, 4) is 0 Å². The highest BCUT2D eigenvalue weighted by Crippen LogP contribution is 2.28. The topological polar surface area (TPSA) is 63.8 Å². The number of nitrogen functional groups attached to an aromatic ring is 1. The van der Waals surface area contributed by atoms with E-state index in [1.165, 1.54) is 12.3 Å². The first-order valence-corrected chi connectivity index (χ1v) is 6.15. The molecule has 2 rings (SSSR count). The molecule has 3 N–H and O–H groups in total. The molecule has 0 amide bonds. The molecule has 1 aromatic heterocycles. The second-order valence-electron chi connectivity index (χ2n) is 3.65. The molecular weight excluding hydrogens is 323 g/mol. The molecule has 0 atom stereocenters. The Balaban J connectivity index is 2.40. The van der Waals surface area contributed by atoms with Crippen LogP contribution in [-0.4, -0.2) is 9.97 Å². The van der Waals surface area contributed by atoms with E-state index in [0.29, 0.717) is 21.7 Å². The van der Waals surface area contributed by atoms with Crippen molar-refractivity contribution < 1.29 is 4.39 Å². The van der Waals surface area contributed by atoms with Crippen LogP contribution in [0.5, 0.6) is 0 Å². The second kappa shape index (κ2) is 5.07. The van der Waals surface area contributed by atoms with Gasteiger partial charge in [0.25, 0.3) is 0 Å². The van der Waals surface area contributed by atoms with Crippen molar-refractivity contribution in [2.75, 3.05) is 11.1 Å². The first kappa shape index (κ1) is 13.0. The van der Waals surface area contributed by atoms with E-state index in [2.05, 4.69) is 31.2 Å². The molecule has 0 unspecified atom stereocenters. The van der Waals surface area contributed by atoms with Gasteiger partial charge in [-0.2, -0.15) is 4.98 Å². The van der Waals surface area contributed by atoms with Crippen molar-refractivity contribution in [2.45, 2.75) is 6.92 Å². The molecule has 0 saturated carbocycles. The van der Waals surface area contributed by atoms with Crippen LogP contribution in [0.15, 0.2) is 22.8 Å². The summed E-state index contributed by atoms with van der Waals surface area (Å²) in [6.45, 7) is 1.84. The molecule has 4 nitrogen and oxygen atoms in total. The van der Waals surface area contributed by atoms with E-state index in [0.717, 1.165) is 5.56 Å². The molecule has 0 bridgehead atoms. The maximum Gasteiger partial charge on any atom is 0.224 e. The predicted molar refractivity (Wildman–Crippen MR) is 73.6 cm³/mol. The Morgan fingerprint density at radius 3 is 2.89 bits per heavy atom. The minimum Gasteiger partial charge on any atom is -0.394 e. The lowest BCUT2D eigenvalue weighted by Crippen LogP contribution is -2.02. The van der Waals surface area contributed by atoms with Crippen molar-refractivity contribution in [3.63, 3.8) is 0 Å². The maximum absolute atomic E-state index is 13.5. The quantitative estimate of drug-likeness (QED) is 0.824. The van der Waals surface area contributed by atoms with Crippen LogP contribution in [0.1, 0.15) is 5.56 Å². The average Bonchev–Trinajstić information content (AvgIpc) is 2.30. The van der Waals surface area contributed by atoms with E-state index in [9.17, 15) is 4.39 Å². The third kappa shape index (κ3) is 2.70. The monoisotopic (exact) mass is 330 g/mol. The van der Waals surface area contributed by atoms with Crippen LogP contribution in [0.3, 0.4) is 0 Å². The fourth-order valence-corrected chi connectivity index (χ4v) is 1.97. The van der Waals surface area contributed by atoms with E-state index >= 15 is 0 Å². The van der Waals surface area contributed by atoms with E-state index in [-0.39, 0.29) is 11.1 Å². The number of nitrogens with two attached hydrogens (primary N) is 1. The lowest BCUT2D eigenvalue weighted by molar-refractivity contribution is 0.621. The number of halogens is 3. The van der Waals surface area contributed by atoms with Crippen molar-refractivity contribution in [1.29, 1.82) is 0 Å². The van der Waals surface area contributed by atoms with Gasteiger partial charge in [-0.05, 0) is 52.2 Å². The largest absolute Gasteiger partial charge is 0.394 e. The Labute approximate surface area is 117 Å². The number of hydrogen-bond donors (Lipinski definition) is 2. The minimum atomic E-state index is -0.373. The van der Waals surface area contributed by atoms with Crippen LogP contribution in [0.4, 0.5) is 21.6 Å². The summed E-state index contributed by atoms with van der Waals surface area (Å²) in [5.74, 6) is -0.0263. The maximum atomic E-state index is 13.5. The average molecular weight is 332 g/mol. The Morgan fingerprint density at radius 2 is 2.17 bits per heavy atom. The van der Waals surface area contributed by atoms with Crippen LogP contribution < -0.4 is 11.1 Å². The summed E-state index contributed by atoms with van der Waals surface area (Å²) >= 11 is 8.80. The van der Waals surface area contributed by atoms with Gasteiger partial charge in [-0.15, -0.1) is 0 Å². The van der Waals surface area contributed by atoms with Crippen molar-refractivity contribution in [1.82, 2.24) is 9.97 Å². The van der Waals surface area contributed by atoms with Crippen LogP contribution >= 0.6 is 27.5 Å². The van der Waals surface area contributed by atoms with Gasteiger partial charge in [-0.1, -0.05) is 0 Å². The van der Waals surface area contributed by atoms with Crippen molar-refractivity contribution >= 4 is 44.7 Å². The summed E-state index contributed by atoms with van der Waals surface area (Å²) in [6.07, 6.45) is 1.39. The molecule has 1 heterocycles. The van der Waals surface area contributed by atoms with Gasteiger partial charge in [0.2, 0.25) is 5.28 Å². The molecule has 0 aliphatic heterocycles. The van der Waals surface area contributed by atoms with Gasteiger partial charge < -0.3 is 11.1 Å². The highest BCUT2D eigenvalue weighted by atomic mass is 79.9. The summed E-state index contributed by atoms with van der Waals surface area (Å²) < 4.78 is 13.9. The Hall–Kier alpha value is -1.40. The lowest BCUT2D eigenvalue weighted by atomic mass is 10.2. The molecule has 0 radical (unpaired) electrons. The number of aromatic nitrogens is 2. The fraction of sp³-hybridized carbons (Fsp3) is 0.0909. The van der Waals surface area contributed by atoms with Gasteiger partial charge in [-0.25, -0.2) is 9.37 Å². The van der Waals surface area contributed by atoms with Gasteiger partial charge in [0.1, 0.15) is 5.82 Å². The smallest absolute Gasteiger partial charge is 0.224 e. The van der Waals surface area contributed by atoms with Crippen molar-refractivity contribution in [3.05, 3.63) is 39.5 Å². The molecule has 0 fully saturated rings. The molecule has 7 heteroatoms. The molecule has 2 aromatic rings. The molecule has 0 saturated heterocycles. The SMILES string of the molecule is Cc1cc(Br)c(F)cc1Nc1nc(Cl)ncc1N. The molecular formula is C11H9BrClFN4. The van der Waals surface area contributed by atoms with E-state index < -0.39 is 0 Å². The number of nitrogens with zero attached hydrogens (tertiary/aromatic N) is 2. The highest BCUT2D eigenvalue weighted by molar-refractivity contribution is 9.10. The third-order valence-corrected chi connectivity index (χ3v) is 3.10. The van der Waals surface area contributed by atoms with Crippen LogP contribution in [0.2, 0.25) is 5.28 Å². The second-order valence-corrected chi connectivity index (χ2v) is 4.84. The van der Waals surface area contributed by atoms with Crippen LogP contribution in [-0.2, 0) is 0 Å². The van der Waals surface area contributed by atoms with E-state index in [1.807, 2.05) is 6.92 Å². The summed E-state index contributed by atoms with van der Waals surface area (Å²) in [4.78, 5) is 7.69. The van der Waals surface area contributed by atoms with Gasteiger partial charge in [0, 0.05) is 5.69 Å². The van der Waals surface area contributed by atoms with E-state index in [4.69, 9.17) is 17.3 Å². The number of nitrogens with one attached hydrogen (secondary N) is 1.